The van der Waals surface area contributed by atoms with Crippen molar-refractivity contribution in [2.45, 2.75) is 13.5 Å². The molecule has 2 aromatic heterocycles. The highest BCUT2D eigenvalue weighted by molar-refractivity contribution is 7.17. The van der Waals surface area contributed by atoms with Gasteiger partial charge in [-0.05, 0) is 18.4 Å². The van der Waals surface area contributed by atoms with Crippen LogP contribution in [0.15, 0.2) is 29.8 Å². The van der Waals surface area contributed by atoms with Gasteiger partial charge in [0.1, 0.15) is 12.4 Å². The number of nitrogen functional groups attached to an aromatic ring is 1. The lowest BCUT2D eigenvalue weighted by Gasteiger charge is -2.09. The summed E-state index contributed by atoms with van der Waals surface area (Å²) in [6.07, 6.45) is 1.35. The number of hydrogen-bond donors (Lipinski definition) is 2. The summed E-state index contributed by atoms with van der Waals surface area (Å²) in [6.45, 7) is 1.81. The molecule has 3 aromatic rings. The summed E-state index contributed by atoms with van der Waals surface area (Å²) in [5.74, 6) is -1.19. The van der Waals surface area contributed by atoms with E-state index < -0.39 is 16.8 Å². The zero-order valence-electron chi connectivity index (χ0n) is 15.2. The molecule has 11 heteroatoms. The van der Waals surface area contributed by atoms with Crippen LogP contribution >= 0.6 is 11.3 Å². The predicted octanol–water partition coefficient (Wildman–Crippen LogP) is 2.64. The fourth-order valence-electron chi connectivity index (χ4n) is 2.68. The van der Waals surface area contributed by atoms with Gasteiger partial charge in [0.2, 0.25) is 5.91 Å². The van der Waals surface area contributed by atoms with Crippen LogP contribution in [0.5, 0.6) is 5.75 Å². The number of carbonyl (C=O) groups is 2. The van der Waals surface area contributed by atoms with Crippen LogP contribution in [0.2, 0.25) is 0 Å². The van der Waals surface area contributed by atoms with Crippen LogP contribution < -0.4 is 16.2 Å². The lowest BCUT2D eigenvalue weighted by Crippen LogP contribution is -2.11. The second-order valence-corrected chi connectivity index (χ2v) is 6.71. The standard InChI is InChI=1S/C18H16N4O6S/c1-2-27-18(24)11-6-21-16(19)14-10(8-29-15(11)14)7-28-13-5-9(17(20)23)3-4-12(13)22(25)26/h3-6,8H,2,7H2,1H3,(H2,19,21)(H2,20,23). The molecule has 0 unspecified atom stereocenters. The minimum absolute atomic E-state index is 0.0755. The Balaban J connectivity index is 1.97. The fourth-order valence-corrected chi connectivity index (χ4v) is 3.74. The highest BCUT2D eigenvalue weighted by Gasteiger charge is 2.21. The summed E-state index contributed by atoms with van der Waals surface area (Å²) in [7, 11) is 0. The number of rotatable bonds is 7. The third kappa shape index (κ3) is 3.94. The average Bonchev–Trinajstić information content (AvgIpc) is 3.11. The number of fused-ring (bicyclic) bond motifs is 1. The summed E-state index contributed by atoms with van der Waals surface area (Å²) in [5, 5.41) is 13.5. The topological polar surface area (TPSA) is 161 Å². The molecule has 10 nitrogen and oxygen atoms in total. The molecule has 29 heavy (non-hydrogen) atoms. The number of esters is 1. The van der Waals surface area contributed by atoms with E-state index in [1.54, 1.807) is 12.3 Å². The fraction of sp³-hybridized carbons (Fsp3) is 0.167. The number of benzene rings is 1. The van der Waals surface area contributed by atoms with Crippen LogP contribution in [0, 0.1) is 10.1 Å². The first kappa shape index (κ1) is 20.0. The van der Waals surface area contributed by atoms with Crippen LogP contribution in [0.1, 0.15) is 33.2 Å². The number of primary amides is 1. The predicted molar refractivity (Wildman–Crippen MR) is 106 cm³/mol. The number of aromatic nitrogens is 1. The number of nitrogens with zero attached hydrogens (tertiary/aromatic N) is 2. The lowest BCUT2D eigenvalue weighted by atomic mass is 10.1. The van der Waals surface area contributed by atoms with Gasteiger partial charge in [-0.1, -0.05) is 0 Å². The van der Waals surface area contributed by atoms with Crippen LogP contribution in [0.4, 0.5) is 11.5 Å². The van der Waals surface area contributed by atoms with E-state index in [0.29, 0.717) is 15.6 Å². The number of pyridine rings is 1. The molecule has 0 radical (unpaired) electrons. The number of nitrogens with two attached hydrogens (primary N) is 2. The van der Waals surface area contributed by atoms with E-state index >= 15 is 0 Å². The molecular weight excluding hydrogens is 400 g/mol. The molecule has 150 valence electrons. The molecule has 0 aliphatic carbocycles. The van der Waals surface area contributed by atoms with Crippen molar-refractivity contribution < 1.29 is 24.0 Å². The Morgan fingerprint density at radius 1 is 1.34 bits per heavy atom. The molecule has 0 fully saturated rings. The molecule has 0 saturated heterocycles. The summed E-state index contributed by atoms with van der Waals surface area (Å²) >= 11 is 1.25. The molecule has 0 atom stereocenters. The molecule has 4 N–H and O–H groups in total. The van der Waals surface area contributed by atoms with Crippen molar-refractivity contribution in [3.05, 3.63) is 56.6 Å². The molecule has 2 heterocycles. The molecule has 1 aromatic carbocycles. The molecule has 1 amide bonds. The zero-order valence-corrected chi connectivity index (χ0v) is 16.0. The maximum Gasteiger partial charge on any atom is 0.341 e. The number of hydrogen-bond acceptors (Lipinski definition) is 9. The average molecular weight is 416 g/mol. The van der Waals surface area contributed by atoms with Gasteiger partial charge in [0, 0.05) is 34.8 Å². The molecule has 0 aliphatic rings. The van der Waals surface area contributed by atoms with Crippen LogP contribution in [0.25, 0.3) is 10.1 Å². The maximum absolute atomic E-state index is 12.1. The Hall–Kier alpha value is -3.73. The highest BCUT2D eigenvalue weighted by Crippen LogP contribution is 2.35. The quantitative estimate of drug-likeness (QED) is 0.337. The monoisotopic (exact) mass is 416 g/mol. The number of thiophene rings is 1. The number of nitro benzene ring substituents is 1. The van der Waals surface area contributed by atoms with Crippen LogP contribution in [-0.2, 0) is 11.3 Å². The highest BCUT2D eigenvalue weighted by atomic mass is 32.1. The number of amides is 1. The van der Waals surface area contributed by atoms with Crippen molar-refractivity contribution in [1.82, 2.24) is 4.98 Å². The lowest BCUT2D eigenvalue weighted by molar-refractivity contribution is -0.385. The van der Waals surface area contributed by atoms with Gasteiger partial charge in [0.15, 0.2) is 5.75 Å². The van der Waals surface area contributed by atoms with Crippen molar-refractivity contribution in [3.8, 4) is 5.75 Å². The summed E-state index contributed by atoms with van der Waals surface area (Å²) in [4.78, 5) is 38.2. The summed E-state index contributed by atoms with van der Waals surface area (Å²) in [5.41, 5.74) is 11.8. The van der Waals surface area contributed by atoms with Gasteiger partial charge in [-0.2, -0.15) is 0 Å². The van der Waals surface area contributed by atoms with Crippen molar-refractivity contribution in [2.24, 2.45) is 5.73 Å². The number of nitro groups is 1. The van der Waals surface area contributed by atoms with Crippen molar-refractivity contribution in [3.63, 3.8) is 0 Å². The normalized spacial score (nSPS) is 10.7. The Bertz CT molecular complexity index is 1130. The molecule has 0 bridgehead atoms. The van der Waals surface area contributed by atoms with Gasteiger partial charge in [-0.15, -0.1) is 11.3 Å². The second kappa shape index (κ2) is 8.10. The first-order valence-corrected chi connectivity index (χ1v) is 9.24. The van der Waals surface area contributed by atoms with Crippen molar-refractivity contribution >= 4 is 44.8 Å². The first-order chi connectivity index (χ1) is 13.8. The van der Waals surface area contributed by atoms with Gasteiger partial charge in [0.05, 0.1) is 21.8 Å². The van der Waals surface area contributed by atoms with E-state index in [1.807, 2.05) is 0 Å². The van der Waals surface area contributed by atoms with Gasteiger partial charge in [-0.3, -0.25) is 14.9 Å². The minimum atomic E-state index is -0.738. The SMILES string of the molecule is CCOC(=O)c1cnc(N)c2c(COc3cc(C(N)=O)ccc3[N+](=O)[O-])csc12. The first-order valence-electron chi connectivity index (χ1n) is 8.36. The number of ether oxygens (including phenoxy) is 2. The van der Waals surface area contributed by atoms with Crippen LogP contribution in [0.3, 0.4) is 0 Å². The smallest absolute Gasteiger partial charge is 0.341 e. The van der Waals surface area contributed by atoms with Crippen LogP contribution in [-0.4, -0.2) is 28.4 Å². The van der Waals surface area contributed by atoms with E-state index in [1.165, 1.54) is 29.7 Å². The van der Waals surface area contributed by atoms with Crippen molar-refractivity contribution in [2.75, 3.05) is 12.3 Å². The van der Waals surface area contributed by atoms with Gasteiger partial charge < -0.3 is 20.9 Å². The largest absolute Gasteiger partial charge is 0.482 e. The Morgan fingerprint density at radius 3 is 2.76 bits per heavy atom. The third-order valence-electron chi connectivity index (χ3n) is 4.02. The van der Waals surface area contributed by atoms with Gasteiger partial charge in [0.25, 0.3) is 0 Å². The summed E-state index contributed by atoms with van der Waals surface area (Å²) in [6, 6.07) is 3.61. The molecule has 0 saturated carbocycles. The van der Waals surface area contributed by atoms with E-state index in [4.69, 9.17) is 20.9 Å². The maximum atomic E-state index is 12.1. The molecular formula is C18H16N4O6S. The molecule has 0 aliphatic heterocycles. The van der Waals surface area contributed by atoms with Gasteiger partial charge in [-0.25, -0.2) is 9.78 Å². The zero-order chi connectivity index (χ0) is 21.1. The Morgan fingerprint density at radius 2 is 2.10 bits per heavy atom. The van der Waals surface area contributed by atoms with E-state index in [0.717, 1.165) is 6.07 Å². The van der Waals surface area contributed by atoms with Crippen molar-refractivity contribution in [1.29, 1.82) is 0 Å². The summed E-state index contributed by atoms with van der Waals surface area (Å²) < 4.78 is 11.2. The second-order valence-electron chi connectivity index (χ2n) is 5.84. The number of carbonyl (C=O) groups excluding carboxylic acids is 2. The number of anilines is 1. The Labute approximate surface area is 168 Å². The molecule has 0 spiro atoms. The van der Waals surface area contributed by atoms with E-state index in [-0.39, 0.29) is 41.6 Å². The third-order valence-corrected chi connectivity index (χ3v) is 5.08. The van der Waals surface area contributed by atoms with Gasteiger partial charge >= 0.3 is 11.7 Å². The minimum Gasteiger partial charge on any atom is -0.482 e. The molecule has 3 rings (SSSR count). The van der Waals surface area contributed by atoms with E-state index in [9.17, 15) is 19.7 Å². The Kier molecular flexibility index (Phi) is 5.59. The van der Waals surface area contributed by atoms with E-state index in [2.05, 4.69) is 4.98 Å².